The predicted molar refractivity (Wildman–Crippen MR) is 98.4 cm³/mol. The Morgan fingerprint density at radius 1 is 1.25 bits per heavy atom. The van der Waals surface area contributed by atoms with Gasteiger partial charge < -0.3 is 15.6 Å². The quantitative estimate of drug-likeness (QED) is 0.808. The van der Waals surface area contributed by atoms with Crippen molar-refractivity contribution >= 4 is 17.2 Å². The monoisotopic (exact) mass is 347 g/mol. The van der Waals surface area contributed by atoms with Crippen molar-refractivity contribution in [2.24, 2.45) is 5.73 Å². The fraction of sp³-hybridized carbons (Fsp3) is 0.444. The summed E-state index contributed by atoms with van der Waals surface area (Å²) in [5.41, 5.74) is 9.30. The molecule has 0 saturated carbocycles. The lowest BCUT2D eigenvalue weighted by atomic mass is 9.99. The van der Waals surface area contributed by atoms with Gasteiger partial charge in [-0.1, -0.05) is 49.4 Å². The minimum Gasteiger partial charge on any atom is -0.354 e. The van der Waals surface area contributed by atoms with Crippen LogP contribution in [-0.2, 0) is 11.3 Å². The number of aryl methyl sites for hydroxylation is 1. The van der Waals surface area contributed by atoms with Crippen LogP contribution in [0.4, 0.5) is 0 Å². The molecular formula is C18H25N3O2S. The van der Waals surface area contributed by atoms with Gasteiger partial charge in [0.05, 0.1) is 0 Å². The van der Waals surface area contributed by atoms with Gasteiger partial charge in [-0.3, -0.25) is 9.59 Å². The summed E-state index contributed by atoms with van der Waals surface area (Å²) < 4.78 is 1.62. The number of nitrogens with zero attached hydrogens (tertiary/aromatic N) is 1. The third-order valence-corrected chi connectivity index (χ3v) is 4.97. The van der Waals surface area contributed by atoms with Crippen molar-refractivity contribution in [3.63, 3.8) is 0 Å². The number of aromatic nitrogens is 1. The van der Waals surface area contributed by atoms with Crippen LogP contribution < -0.4 is 15.9 Å². The van der Waals surface area contributed by atoms with E-state index in [1.807, 2.05) is 19.1 Å². The first-order valence-electron chi connectivity index (χ1n) is 8.15. The van der Waals surface area contributed by atoms with Crippen molar-refractivity contribution in [2.75, 3.05) is 6.54 Å². The summed E-state index contributed by atoms with van der Waals surface area (Å²) in [5.74, 6) is 0.390. The highest BCUT2D eigenvalue weighted by Crippen LogP contribution is 2.17. The lowest BCUT2D eigenvalue weighted by molar-refractivity contribution is -0.121. The SMILES string of the molecule is Cc1csc(=O)n1CCC(=O)NCC(N)c1ccc(C(C)C)cc1. The van der Waals surface area contributed by atoms with Crippen molar-refractivity contribution in [1.82, 2.24) is 9.88 Å². The molecule has 0 bridgehead atoms. The number of hydrogen-bond acceptors (Lipinski definition) is 4. The van der Waals surface area contributed by atoms with Gasteiger partial charge in [-0.15, -0.1) is 0 Å². The summed E-state index contributed by atoms with van der Waals surface area (Å²) >= 11 is 1.16. The molecule has 1 unspecified atom stereocenters. The summed E-state index contributed by atoms with van der Waals surface area (Å²) in [6.07, 6.45) is 0.274. The van der Waals surface area contributed by atoms with Crippen LogP contribution in [0.1, 0.15) is 49.0 Å². The molecule has 0 aliphatic carbocycles. The molecule has 0 saturated heterocycles. The molecule has 0 aliphatic heterocycles. The number of amides is 1. The Morgan fingerprint density at radius 3 is 2.42 bits per heavy atom. The highest BCUT2D eigenvalue weighted by atomic mass is 32.1. The standard InChI is InChI=1S/C18H25N3O2S/c1-12(2)14-4-6-15(7-5-14)16(19)10-20-17(22)8-9-21-13(3)11-24-18(21)23/h4-7,11-12,16H,8-10,19H2,1-3H3,(H,20,22). The molecule has 130 valence electrons. The van der Waals surface area contributed by atoms with Crippen molar-refractivity contribution in [3.8, 4) is 0 Å². The molecule has 1 aromatic heterocycles. The number of nitrogens with two attached hydrogens (primary N) is 1. The zero-order valence-electron chi connectivity index (χ0n) is 14.4. The van der Waals surface area contributed by atoms with Crippen molar-refractivity contribution in [3.05, 3.63) is 56.1 Å². The minimum atomic E-state index is -0.235. The number of nitrogens with one attached hydrogen (secondary N) is 1. The van der Waals surface area contributed by atoms with Gasteiger partial charge in [0.1, 0.15) is 0 Å². The molecular weight excluding hydrogens is 322 g/mol. The third-order valence-electron chi connectivity index (χ3n) is 4.09. The lowest BCUT2D eigenvalue weighted by Gasteiger charge is -2.15. The molecule has 1 atom stereocenters. The van der Waals surface area contributed by atoms with E-state index < -0.39 is 0 Å². The molecule has 5 nitrogen and oxygen atoms in total. The number of hydrogen-bond donors (Lipinski definition) is 2. The van der Waals surface area contributed by atoms with E-state index in [9.17, 15) is 9.59 Å². The summed E-state index contributed by atoms with van der Waals surface area (Å²) in [4.78, 5) is 23.5. The second kappa shape index (κ2) is 8.26. The number of rotatable bonds is 7. The van der Waals surface area contributed by atoms with Gasteiger partial charge in [0, 0.05) is 36.6 Å². The molecule has 6 heteroatoms. The molecule has 1 aromatic carbocycles. The highest BCUT2D eigenvalue weighted by Gasteiger charge is 2.10. The first kappa shape index (κ1) is 18.4. The maximum absolute atomic E-state index is 12.0. The van der Waals surface area contributed by atoms with Crippen LogP contribution in [0.5, 0.6) is 0 Å². The van der Waals surface area contributed by atoms with Gasteiger partial charge in [0.15, 0.2) is 0 Å². The Labute approximate surface area is 146 Å². The van der Waals surface area contributed by atoms with E-state index in [0.717, 1.165) is 22.6 Å². The highest BCUT2D eigenvalue weighted by molar-refractivity contribution is 7.07. The predicted octanol–water partition coefficient (Wildman–Crippen LogP) is 2.55. The van der Waals surface area contributed by atoms with E-state index in [4.69, 9.17) is 5.73 Å². The van der Waals surface area contributed by atoms with E-state index >= 15 is 0 Å². The molecule has 1 amide bonds. The van der Waals surface area contributed by atoms with Crippen LogP contribution in [0.25, 0.3) is 0 Å². The summed E-state index contributed by atoms with van der Waals surface area (Å²) in [6.45, 7) is 6.95. The topological polar surface area (TPSA) is 77.1 Å². The first-order valence-corrected chi connectivity index (χ1v) is 9.03. The van der Waals surface area contributed by atoms with Crippen LogP contribution in [0.2, 0.25) is 0 Å². The molecule has 0 aliphatic rings. The second-order valence-electron chi connectivity index (χ2n) is 6.28. The molecule has 2 aromatic rings. The number of carbonyl (C=O) groups is 1. The van der Waals surface area contributed by atoms with E-state index in [2.05, 4.69) is 31.3 Å². The van der Waals surface area contributed by atoms with E-state index in [0.29, 0.717) is 19.0 Å². The molecule has 0 fully saturated rings. The largest absolute Gasteiger partial charge is 0.354 e. The average molecular weight is 347 g/mol. The van der Waals surface area contributed by atoms with Gasteiger partial charge in [-0.25, -0.2) is 0 Å². The van der Waals surface area contributed by atoms with Gasteiger partial charge in [0.2, 0.25) is 5.91 Å². The van der Waals surface area contributed by atoms with Crippen molar-refractivity contribution in [1.29, 1.82) is 0 Å². The van der Waals surface area contributed by atoms with Crippen molar-refractivity contribution < 1.29 is 4.79 Å². The second-order valence-corrected chi connectivity index (χ2v) is 7.10. The maximum Gasteiger partial charge on any atom is 0.307 e. The van der Waals surface area contributed by atoms with E-state index in [1.165, 1.54) is 5.56 Å². The molecule has 3 N–H and O–H groups in total. The van der Waals surface area contributed by atoms with Crippen LogP contribution in [-0.4, -0.2) is 17.0 Å². The molecule has 2 rings (SSSR count). The fourth-order valence-corrected chi connectivity index (χ4v) is 3.21. The van der Waals surface area contributed by atoms with Gasteiger partial charge in [-0.2, -0.15) is 0 Å². The Kier molecular flexibility index (Phi) is 6.34. The number of benzene rings is 1. The van der Waals surface area contributed by atoms with Crippen LogP contribution in [0.15, 0.2) is 34.4 Å². The summed E-state index contributed by atoms with van der Waals surface area (Å²) in [5, 5.41) is 4.65. The van der Waals surface area contributed by atoms with Gasteiger partial charge in [-0.05, 0) is 24.0 Å². The van der Waals surface area contributed by atoms with Crippen molar-refractivity contribution in [2.45, 2.75) is 45.7 Å². The number of thiazole rings is 1. The Balaban J connectivity index is 1.81. The molecule has 24 heavy (non-hydrogen) atoms. The first-order chi connectivity index (χ1) is 11.4. The van der Waals surface area contributed by atoms with Crippen LogP contribution >= 0.6 is 11.3 Å². The molecule has 0 spiro atoms. The Bertz CT molecular complexity index is 731. The summed E-state index contributed by atoms with van der Waals surface area (Å²) in [7, 11) is 0. The zero-order chi connectivity index (χ0) is 17.7. The smallest absolute Gasteiger partial charge is 0.307 e. The number of carbonyl (C=O) groups excluding carboxylic acids is 1. The maximum atomic E-state index is 12.0. The molecule has 0 radical (unpaired) electrons. The fourth-order valence-electron chi connectivity index (χ4n) is 2.45. The van der Waals surface area contributed by atoms with Gasteiger partial charge in [0.25, 0.3) is 0 Å². The zero-order valence-corrected chi connectivity index (χ0v) is 15.2. The summed E-state index contributed by atoms with van der Waals surface area (Å²) in [6, 6.07) is 7.95. The Morgan fingerprint density at radius 2 is 1.88 bits per heavy atom. The third kappa shape index (κ3) is 4.79. The normalized spacial score (nSPS) is 12.4. The lowest BCUT2D eigenvalue weighted by Crippen LogP contribution is -2.33. The van der Waals surface area contributed by atoms with E-state index in [1.54, 1.807) is 9.95 Å². The van der Waals surface area contributed by atoms with E-state index in [-0.39, 0.29) is 23.2 Å². The Hall–Kier alpha value is -1.92. The molecule has 1 heterocycles. The van der Waals surface area contributed by atoms with Crippen LogP contribution in [0, 0.1) is 6.92 Å². The van der Waals surface area contributed by atoms with Gasteiger partial charge >= 0.3 is 4.87 Å². The van der Waals surface area contributed by atoms with Crippen LogP contribution in [0.3, 0.4) is 0 Å². The average Bonchev–Trinajstić information content (AvgIpc) is 2.89. The minimum absolute atomic E-state index is 0.0257.